The highest BCUT2D eigenvalue weighted by molar-refractivity contribution is 9.11. The number of pyridine rings is 1. The van der Waals surface area contributed by atoms with Crippen LogP contribution >= 0.6 is 31.9 Å². The van der Waals surface area contributed by atoms with Crippen LogP contribution in [0.15, 0.2) is 61.1 Å². The summed E-state index contributed by atoms with van der Waals surface area (Å²) < 4.78 is 32.0. The van der Waals surface area contributed by atoms with E-state index in [0.717, 1.165) is 4.47 Å². The van der Waals surface area contributed by atoms with Crippen molar-refractivity contribution < 1.29 is 13.2 Å². The van der Waals surface area contributed by atoms with E-state index in [2.05, 4.69) is 36.8 Å². The third-order valence-electron chi connectivity index (χ3n) is 3.69. The van der Waals surface area contributed by atoms with E-state index in [9.17, 15) is 13.2 Å². The van der Waals surface area contributed by atoms with E-state index in [1.807, 2.05) is 0 Å². The van der Waals surface area contributed by atoms with Crippen LogP contribution in [0.25, 0.3) is 10.9 Å². The Bertz CT molecular complexity index is 1110. The number of hydrogen-bond donors (Lipinski definition) is 1. The molecule has 0 unspecified atom stereocenters. The number of rotatable bonds is 4. The van der Waals surface area contributed by atoms with E-state index in [1.54, 1.807) is 36.4 Å². The summed E-state index contributed by atoms with van der Waals surface area (Å²) in [6.45, 7) is 0. The second-order valence-corrected chi connectivity index (χ2v) is 9.15. The van der Waals surface area contributed by atoms with Gasteiger partial charge in [0.05, 0.1) is 18.4 Å². The standard InChI is InChI=1S/C17H13Br2NO4S/c1-24-12-4-2-10(3-5-12)9-25(22,23)16-8-13-14(19)6-11(18)7-15(13)20-17(16)21/h2-8H,9H2,1H3,(H,20,21). The molecular weight excluding hydrogens is 474 g/mol. The maximum Gasteiger partial charge on any atom is 0.267 e. The summed E-state index contributed by atoms with van der Waals surface area (Å²) in [5, 5.41) is 0.621. The molecule has 5 nitrogen and oxygen atoms in total. The van der Waals surface area contributed by atoms with Crippen molar-refractivity contribution in [3.63, 3.8) is 0 Å². The Morgan fingerprint density at radius 3 is 2.40 bits per heavy atom. The van der Waals surface area contributed by atoms with Gasteiger partial charge in [-0.05, 0) is 35.9 Å². The number of fused-ring (bicyclic) bond motifs is 1. The molecule has 3 rings (SSSR count). The summed E-state index contributed by atoms with van der Waals surface area (Å²) in [5.74, 6) is 0.374. The molecule has 1 N–H and O–H groups in total. The summed E-state index contributed by atoms with van der Waals surface area (Å²) >= 11 is 6.74. The maximum atomic E-state index is 12.7. The van der Waals surface area contributed by atoms with Gasteiger partial charge in [0, 0.05) is 14.3 Å². The van der Waals surface area contributed by atoms with Crippen LogP contribution < -0.4 is 10.3 Å². The molecule has 3 aromatic rings. The lowest BCUT2D eigenvalue weighted by atomic mass is 10.2. The van der Waals surface area contributed by atoms with Crippen LogP contribution in [0.2, 0.25) is 0 Å². The number of H-pyrrole nitrogens is 1. The quantitative estimate of drug-likeness (QED) is 0.603. The number of ether oxygens (including phenoxy) is 1. The molecular formula is C17H13Br2NO4S. The smallest absolute Gasteiger partial charge is 0.267 e. The molecule has 0 saturated heterocycles. The van der Waals surface area contributed by atoms with Crippen LogP contribution in [0.3, 0.4) is 0 Å². The summed E-state index contributed by atoms with van der Waals surface area (Å²) in [5.41, 5.74) is 0.496. The largest absolute Gasteiger partial charge is 0.497 e. The van der Waals surface area contributed by atoms with Gasteiger partial charge in [0.1, 0.15) is 10.6 Å². The van der Waals surface area contributed by atoms with E-state index in [-0.39, 0.29) is 10.6 Å². The van der Waals surface area contributed by atoms with E-state index in [1.165, 1.54) is 13.2 Å². The van der Waals surface area contributed by atoms with Crippen LogP contribution in [0.1, 0.15) is 5.56 Å². The molecule has 8 heteroatoms. The van der Waals surface area contributed by atoms with Gasteiger partial charge in [-0.25, -0.2) is 8.42 Å². The molecule has 0 aliphatic carbocycles. The van der Waals surface area contributed by atoms with Crippen LogP contribution in [-0.2, 0) is 15.6 Å². The Morgan fingerprint density at radius 2 is 1.76 bits per heavy atom. The first kappa shape index (κ1) is 18.2. The minimum absolute atomic E-state index is 0.251. The van der Waals surface area contributed by atoms with Crippen molar-refractivity contribution in [2.45, 2.75) is 10.6 Å². The molecule has 0 fully saturated rings. The fourth-order valence-corrected chi connectivity index (χ4v) is 5.22. The number of hydrogen-bond acceptors (Lipinski definition) is 4. The Kier molecular flexibility index (Phi) is 5.04. The average Bonchev–Trinajstić information content (AvgIpc) is 2.54. The fraction of sp³-hybridized carbons (Fsp3) is 0.118. The van der Waals surface area contributed by atoms with Gasteiger partial charge >= 0.3 is 0 Å². The average molecular weight is 487 g/mol. The lowest BCUT2D eigenvalue weighted by Crippen LogP contribution is -2.19. The van der Waals surface area contributed by atoms with Gasteiger partial charge in [-0.15, -0.1) is 0 Å². The Hall–Kier alpha value is -1.64. The normalized spacial score (nSPS) is 11.6. The topological polar surface area (TPSA) is 76.2 Å². The molecule has 0 atom stereocenters. The molecule has 0 aliphatic rings. The minimum Gasteiger partial charge on any atom is -0.497 e. The number of halogens is 2. The minimum atomic E-state index is -3.80. The molecule has 0 saturated carbocycles. The van der Waals surface area contributed by atoms with Gasteiger partial charge in [0.25, 0.3) is 5.56 Å². The van der Waals surface area contributed by atoms with Crippen LogP contribution in [0.5, 0.6) is 5.75 Å². The Morgan fingerprint density at radius 1 is 1.08 bits per heavy atom. The van der Waals surface area contributed by atoms with Gasteiger partial charge in [-0.1, -0.05) is 44.0 Å². The number of benzene rings is 2. The van der Waals surface area contributed by atoms with Crippen LogP contribution in [-0.4, -0.2) is 20.5 Å². The summed E-state index contributed by atoms with van der Waals surface area (Å²) in [6.07, 6.45) is 0. The molecule has 0 aliphatic heterocycles. The highest BCUT2D eigenvalue weighted by Gasteiger charge is 2.21. The highest BCUT2D eigenvalue weighted by atomic mass is 79.9. The zero-order chi connectivity index (χ0) is 18.2. The molecule has 0 amide bonds. The van der Waals surface area contributed by atoms with E-state index in [0.29, 0.717) is 26.7 Å². The van der Waals surface area contributed by atoms with Gasteiger partial charge < -0.3 is 9.72 Å². The van der Waals surface area contributed by atoms with Crippen molar-refractivity contribution in [2.75, 3.05) is 7.11 Å². The van der Waals surface area contributed by atoms with E-state index in [4.69, 9.17) is 4.74 Å². The molecule has 130 valence electrons. The van der Waals surface area contributed by atoms with Crippen molar-refractivity contribution in [1.82, 2.24) is 4.98 Å². The predicted octanol–water partition coefficient (Wildman–Crippen LogP) is 4.04. The first-order valence-corrected chi connectivity index (χ1v) is 10.4. The summed E-state index contributed by atoms with van der Waals surface area (Å²) in [6, 6.07) is 11.6. The number of sulfone groups is 1. The molecule has 0 spiro atoms. The van der Waals surface area contributed by atoms with Crippen molar-refractivity contribution in [1.29, 1.82) is 0 Å². The third-order valence-corrected chi connectivity index (χ3v) is 6.49. The summed E-state index contributed by atoms with van der Waals surface area (Å²) in [7, 11) is -2.26. The van der Waals surface area contributed by atoms with Gasteiger partial charge in [-0.3, -0.25) is 4.79 Å². The van der Waals surface area contributed by atoms with Gasteiger partial charge in [-0.2, -0.15) is 0 Å². The molecule has 1 heterocycles. The monoisotopic (exact) mass is 485 g/mol. The number of nitrogens with one attached hydrogen (secondary N) is 1. The molecule has 0 radical (unpaired) electrons. The lowest BCUT2D eigenvalue weighted by Gasteiger charge is -2.08. The fourth-order valence-electron chi connectivity index (χ4n) is 2.47. The number of aromatic nitrogens is 1. The number of aromatic amines is 1. The predicted molar refractivity (Wildman–Crippen MR) is 104 cm³/mol. The second kappa shape index (κ2) is 6.93. The summed E-state index contributed by atoms with van der Waals surface area (Å²) in [4.78, 5) is 14.7. The zero-order valence-electron chi connectivity index (χ0n) is 13.0. The molecule has 1 aromatic heterocycles. The van der Waals surface area contributed by atoms with Crippen molar-refractivity contribution in [3.05, 3.63) is 67.3 Å². The maximum absolute atomic E-state index is 12.7. The third kappa shape index (κ3) is 3.80. The van der Waals surface area contributed by atoms with Crippen LogP contribution in [0, 0.1) is 0 Å². The van der Waals surface area contributed by atoms with Gasteiger partial charge in [0.15, 0.2) is 9.84 Å². The SMILES string of the molecule is COc1ccc(CS(=O)(=O)c2cc3c(Br)cc(Br)cc3[nH]c2=O)cc1. The Labute approximate surface area is 161 Å². The van der Waals surface area contributed by atoms with Crippen molar-refractivity contribution in [2.24, 2.45) is 0 Å². The van der Waals surface area contributed by atoms with E-state index < -0.39 is 15.4 Å². The van der Waals surface area contributed by atoms with Crippen molar-refractivity contribution in [3.8, 4) is 5.75 Å². The van der Waals surface area contributed by atoms with Crippen molar-refractivity contribution >= 4 is 52.6 Å². The number of methoxy groups -OCH3 is 1. The Balaban J connectivity index is 2.07. The molecule has 2 aromatic carbocycles. The second-order valence-electron chi connectivity index (χ2n) is 5.42. The highest BCUT2D eigenvalue weighted by Crippen LogP contribution is 2.28. The van der Waals surface area contributed by atoms with Gasteiger partial charge in [0.2, 0.25) is 0 Å². The first-order valence-electron chi connectivity index (χ1n) is 7.18. The van der Waals surface area contributed by atoms with E-state index >= 15 is 0 Å². The molecule has 0 bridgehead atoms. The first-order chi connectivity index (χ1) is 11.8. The molecule has 25 heavy (non-hydrogen) atoms. The zero-order valence-corrected chi connectivity index (χ0v) is 17.0. The lowest BCUT2D eigenvalue weighted by molar-refractivity contribution is 0.414. The van der Waals surface area contributed by atoms with Crippen LogP contribution in [0.4, 0.5) is 0 Å².